The van der Waals surface area contributed by atoms with E-state index in [1.54, 1.807) is 0 Å². The molecule has 0 aromatic heterocycles. The molecule has 2 N–H and O–H groups in total. The van der Waals surface area contributed by atoms with E-state index in [2.05, 4.69) is 10.6 Å². The first-order valence-corrected chi connectivity index (χ1v) is 6.50. The van der Waals surface area contributed by atoms with Crippen LogP contribution in [-0.4, -0.2) is 32.1 Å². The Morgan fingerprint density at radius 1 is 1.28 bits per heavy atom. The molecule has 1 saturated carbocycles. The van der Waals surface area contributed by atoms with Gasteiger partial charge in [0, 0.05) is 13.1 Å². The minimum absolute atomic E-state index is 0.0709. The Labute approximate surface area is 108 Å². The molecule has 0 heterocycles. The Balaban J connectivity index is 1.46. The summed E-state index contributed by atoms with van der Waals surface area (Å²) in [5.41, 5.74) is 0. The normalized spacial score (nSPS) is 14.2. The fourth-order valence-electron chi connectivity index (χ4n) is 1.60. The van der Waals surface area contributed by atoms with Crippen LogP contribution in [0.3, 0.4) is 0 Å². The van der Waals surface area contributed by atoms with E-state index in [4.69, 9.17) is 4.74 Å². The van der Waals surface area contributed by atoms with Crippen LogP contribution in [0, 0.1) is 5.92 Å². The summed E-state index contributed by atoms with van der Waals surface area (Å²) in [6.07, 6.45) is 2.53. The van der Waals surface area contributed by atoms with Crippen LogP contribution in [-0.2, 0) is 4.79 Å². The van der Waals surface area contributed by atoms with Crippen molar-refractivity contribution in [3.8, 4) is 5.75 Å². The number of rotatable bonds is 8. The predicted octanol–water partition coefficient (Wildman–Crippen LogP) is 1.18. The second-order valence-corrected chi connectivity index (χ2v) is 4.59. The highest BCUT2D eigenvalue weighted by atomic mass is 16.5. The Morgan fingerprint density at radius 3 is 2.78 bits per heavy atom. The predicted molar refractivity (Wildman–Crippen MR) is 70.5 cm³/mol. The summed E-state index contributed by atoms with van der Waals surface area (Å²) < 4.78 is 5.50. The van der Waals surface area contributed by atoms with Crippen LogP contribution >= 0.6 is 0 Å². The van der Waals surface area contributed by atoms with Gasteiger partial charge in [0.25, 0.3) is 0 Å². The smallest absolute Gasteiger partial charge is 0.233 e. The lowest BCUT2D eigenvalue weighted by Gasteiger charge is -2.07. The van der Waals surface area contributed by atoms with Gasteiger partial charge in [-0.1, -0.05) is 18.2 Å². The van der Waals surface area contributed by atoms with Gasteiger partial charge < -0.3 is 15.4 Å². The maximum absolute atomic E-state index is 11.4. The van der Waals surface area contributed by atoms with Crippen molar-refractivity contribution in [2.24, 2.45) is 5.92 Å². The number of nitrogens with one attached hydrogen (secondary N) is 2. The summed E-state index contributed by atoms with van der Waals surface area (Å²) in [7, 11) is 0. The molecule has 0 bridgehead atoms. The van der Waals surface area contributed by atoms with Crippen LogP contribution in [0.25, 0.3) is 0 Å². The van der Waals surface area contributed by atoms with Gasteiger partial charge in [-0.05, 0) is 30.9 Å². The zero-order valence-corrected chi connectivity index (χ0v) is 10.5. The van der Waals surface area contributed by atoms with E-state index in [1.807, 2.05) is 30.3 Å². The molecule has 1 aromatic rings. The summed E-state index contributed by atoms with van der Waals surface area (Å²) >= 11 is 0. The van der Waals surface area contributed by atoms with Gasteiger partial charge in [0.2, 0.25) is 5.91 Å². The van der Waals surface area contributed by atoms with Gasteiger partial charge in [0.1, 0.15) is 12.4 Å². The van der Waals surface area contributed by atoms with Crippen molar-refractivity contribution in [3.63, 3.8) is 0 Å². The number of hydrogen-bond acceptors (Lipinski definition) is 3. The number of carbonyl (C=O) groups is 1. The summed E-state index contributed by atoms with van der Waals surface area (Å²) in [4.78, 5) is 11.4. The first-order valence-electron chi connectivity index (χ1n) is 6.50. The van der Waals surface area contributed by atoms with E-state index in [9.17, 15) is 4.79 Å². The molecule has 1 aliphatic carbocycles. The Bertz CT molecular complexity index is 363. The van der Waals surface area contributed by atoms with Crippen molar-refractivity contribution < 1.29 is 9.53 Å². The number of benzene rings is 1. The zero-order chi connectivity index (χ0) is 12.6. The fraction of sp³-hybridized carbons (Fsp3) is 0.500. The first kappa shape index (κ1) is 12.9. The standard InChI is InChI=1S/C14H20N2O2/c17-14(16-10-12-6-7-12)11-15-8-9-18-13-4-2-1-3-5-13/h1-5,12,15H,6-11H2,(H,16,17). The second kappa shape index (κ2) is 7.01. The van der Waals surface area contributed by atoms with E-state index >= 15 is 0 Å². The Kier molecular flexibility index (Phi) is 5.02. The number of hydrogen-bond donors (Lipinski definition) is 2. The van der Waals surface area contributed by atoms with Gasteiger partial charge in [0.15, 0.2) is 0 Å². The Hall–Kier alpha value is -1.55. The van der Waals surface area contributed by atoms with Crippen LogP contribution in [0.15, 0.2) is 30.3 Å². The van der Waals surface area contributed by atoms with Gasteiger partial charge >= 0.3 is 0 Å². The number of amides is 1. The molecule has 0 saturated heterocycles. The highest BCUT2D eigenvalue weighted by Gasteiger charge is 2.21. The first-order chi connectivity index (χ1) is 8.84. The molecule has 0 unspecified atom stereocenters. The molecule has 2 rings (SSSR count). The van der Waals surface area contributed by atoms with Crippen molar-refractivity contribution in [3.05, 3.63) is 30.3 Å². The quantitative estimate of drug-likeness (QED) is 0.679. The molecule has 1 aromatic carbocycles. The lowest BCUT2D eigenvalue weighted by atomic mass is 10.3. The topological polar surface area (TPSA) is 50.4 Å². The van der Waals surface area contributed by atoms with Gasteiger partial charge in [-0.15, -0.1) is 0 Å². The molecule has 0 atom stereocenters. The maximum Gasteiger partial charge on any atom is 0.233 e. The van der Waals surface area contributed by atoms with E-state index in [0.29, 0.717) is 19.7 Å². The maximum atomic E-state index is 11.4. The number of ether oxygens (including phenoxy) is 1. The molecular weight excluding hydrogens is 228 g/mol. The van der Waals surface area contributed by atoms with Crippen molar-refractivity contribution in [2.45, 2.75) is 12.8 Å². The number of para-hydroxylation sites is 1. The molecule has 0 spiro atoms. The number of carbonyl (C=O) groups excluding carboxylic acids is 1. The van der Waals surface area contributed by atoms with Crippen molar-refractivity contribution in [2.75, 3.05) is 26.2 Å². The molecule has 0 aliphatic heterocycles. The largest absolute Gasteiger partial charge is 0.492 e. The molecule has 4 nitrogen and oxygen atoms in total. The average Bonchev–Trinajstić information content (AvgIpc) is 3.21. The zero-order valence-electron chi connectivity index (χ0n) is 10.5. The molecule has 98 valence electrons. The van der Waals surface area contributed by atoms with Crippen molar-refractivity contribution in [1.29, 1.82) is 0 Å². The Morgan fingerprint density at radius 2 is 2.06 bits per heavy atom. The van der Waals surface area contributed by atoms with E-state index in [1.165, 1.54) is 12.8 Å². The minimum Gasteiger partial charge on any atom is -0.492 e. The third kappa shape index (κ3) is 5.19. The molecule has 4 heteroatoms. The van der Waals surface area contributed by atoms with Crippen molar-refractivity contribution in [1.82, 2.24) is 10.6 Å². The monoisotopic (exact) mass is 248 g/mol. The van der Waals surface area contributed by atoms with Gasteiger partial charge in [0.05, 0.1) is 6.54 Å². The van der Waals surface area contributed by atoms with E-state index in [-0.39, 0.29) is 5.91 Å². The van der Waals surface area contributed by atoms with Crippen LogP contribution in [0.5, 0.6) is 5.75 Å². The minimum atomic E-state index is 0.0709. The molecule has 1 fully saturated rings. The fourth-order valence-corrected chi connectivity index (χ4v) is 1.60. The highest BCUT2D eigenvalue weighted by Crippen LogP contribution is 2.27. The molecule has 1 amide bonds. The molecular formula is C14H20N2O2. The van der Waals surface area contributed by atoms with E-state index < -0.39 is 0 Å². The lowest BCUT2D eigenvalue weighted by Crippen LogP contribution is -2.36. The van der Waals surface area contributed by atoms with Crippen LogP contribution in [0.1, 0.15) is 12.8 Å². The lowest BCUT2D eigenvalue weighted by molar-refractivity contribution is -0.120. The molecule has 1 aliphatic rings. The molecule has 18 heavy (non-hydrogen) atoms. The second-order valence-electron chi connectivity index (χ2n) is 4.59. The third-order valence-corrected chi connectivity index (χ3v) is 2.86. The van der Waals surface area contributed by atoms with Gasteiger partial charge in [-0.3, -0.25) is 4.79 Å². The summed E-state index contributed by atoms with van der Waals surface area (Å²) in [6.45, 7) is 2.44. The summed E-state index contributed by atoms with van der Waals surface area (Å²) in [5.74, 6) is 1.66. The SMILES string of the molecule is O=C(CNCCOc1ccccc1)NCC1CC1. The third-order valence-electron chi connectivity index (χ3n) is 2.86. The van der Waals surface area contributed by atoms with Gasteiger partial charge in [-0.25, -0.2) is 0 Å². The van der Waals surface area contributed by atoms with Gasteiger partial charge in [-0.2, -0.15) is 0 Å². The average molecular weight is 248 g/mol. The van der Waals surface area contributed by atoms with E-state index in [0.717, 1.165) is 18.2 Å². The van der Waals surface area contributed by atoms with Crippen LogP contribution in [0.2, 0.25) is 0 Å². The van der Waals surface area contributed by atoms with Crippen LogP contribution in [0.4, 0.5) is 0 Å². The molecule has 0 radical (unpaired) electrons. The highest BCUT2D eigenvalue weighted by molar-refractivity contribution is 5.77. The van der Waals surface area contributed by atoms with Crippen LogP contribution < -0.4 is 15.4 Å². The van der Waals surface area contributed by atoms with Crippen molar-refractivity contribution >= 4 is 5.91 Å². The summed E-state index contributed by atoms with van der Waals surface area (Å²) in [5, 5.41) is 5.97. The summed E-state index contributed by atoms with van der Waals surface area (Å²) in [6, 6.07) is 9.67.